The number of hydrogen-bond acceptors (Lipinski definition) is 5. The molecule has 1 aromatic carbocycles. The highest BCUT2D eigenvalue weighted by molar-refractivity contribution is 5.89. The van der Waals surface area contributed by atoms with Crippen molar-refractivity contribution in [1.82, 2.24) is 0 Å². The van der Waals surface area contributed by atoms with Gasteiger partial charge < -0.3 is 15.6 Å². The van der Waals surface area contributed by atoms with Crippen molar-refractivity contribution in [3.8, 4) is 0 Å². The van der Waals surface area contributed by atoms with Crippen LogP contribution in [0.2, 0.25) is 0 Å². The summed E-state index contributed by atoms with van der Waals surface area (Å²) in [4.78, 5) is 23.6. The highest BCUT2D eigenvalue weighted by Gasteiger charge is 2.22. The van der Waals surface area contributed by atoms with Crippen molar-refractivity contribution in [2.24, 2.45) is 5.73 Å². The fraction of sp³-hybridized carbons (Fsp3) is 0.500. The molecular formula is C16H23NO4. The van der Waals surface area contributed by atoms with E-state index < -0.39 is 17.6 Å². The van der Waals surface area contributed by atoms with E-state index in [1.54, 1.807) is 45.0 Å². The SMILES string of the molecule is CC(C)(C)OC(=O)C[C@@H](N)C(=O)Cc1ccc(CO)cc1. The fourth-order valence-corrected chi connectivity index (χ4v) is 1.77. The van der Waals surface area contributed by atoms with Crippen LogP contribution < -0.4 is 5.73 Å². The molecule has 0 spiro atoms. The van der Waals surface area contributed by atoms with Crippen molar-refractivity contribution in [2.45, 2.75) is 51.9 Å². The molecule has 0 saturated carbocycles. The van der Waals surface area contributed by atoms with Gasteiger partial charge in [0, 0.05) is 6.42 Å². The number of aliphatic hydroxyl groups excluding tert-OH is 1. The minimum atomic E-state index is -0.864. The molecule has 5 nitrogen and oxygen atoms in total. The lowest BCUT2D eigenvalue weighted by atomic mass is 10.0. The van der Waals surface area contributed by atoms with E-state index >= 15 is 0 Å². The molecule has 116 valence electrons. The Labute approximate surface area is 125 Å². The van der Waals surface area contributed by atoms with E-state index in [-0.39, 0.29) is 25.2 Å². The van der Waals surface area contributed by atoms with Crippen LogP contribution >= 0.6 is 0 Å². The Hall–Kier alpha value is -1.72. The van der Waals surface area contributed by atoms with Crippen LogP contribution in [0.4, 0.5) is 0 Å². The summed E-state index contributed by atoms with van der Waals surface area (Å²) in [7, 11) is 0. The number of benzene rings is 1. The molecular weight excluding hydrogens is 270 g/mol. The van der Waals surface area contributed by atoms with Gasteiger partial charge in [-0.15, -0.1) is 0 Å². The fourth-order valence-electron chi connectivity index (χ4n) is 1.77. The van der Waals surface area contributed by atoms with Crippen LogP contribution in [0.5, 0.6) is 0 Å². The van der Waals surface area contributed by atoms with Gasteiger partial charge in [0.15, 0.2) is 5.78 Å². The van der Waals surface area contributed by atoms with E-state index in [1.807, 2.05) is 0 Å². The average Bonchev–Trinajstić information content (AvgIpc) is 2.37. The van der Waals surface area contributed by atoms with Gasteiger partial charge in [-0.05, 0) is 31.9 Å². The number of esters is 1. The normalized spacial score (nSPS) is 12.8. The summed E-state index contributed by atoms with van der Waals surface area (Å²) in [6.45, 7) is 5.26. The lowest BCUT2D eigenvalue weighted by Crippen LogP contribution is -2.36. The number of hydrogen-bond donors (Lipinski definition) is 2. The van der Waals surface area contributed by atoms with Gasteiger partial charge in [-0.25, -0.2) is 0 Å². The monoisotopic (exact) mass is 293 g/mol. The van der Waals surface area contributed by atoms with E-state index in [1.165, 1.54) is 0 Å². The lowest BCUT2D eigenvalue weighted by molar-refractivity contribution is -0.156. The van der Waals surface area contributed by atoms with Gasteiger partial charge in [-0.2, -0.15) is 0 Å². The second kappa shape index (κ2) is 7.33. The molecule has 0 aliphatic rings. The van der Waals surface area contributed by atoms with Crippen molar-refractivity contribution in [2.75, 3.05) is 0 Å². The van der Waals surface area contributed by atoms with Crippen LogP contribution in [-0.4, -0.2) is 28.5 Å². The van der Waals surface area contributed by atoms with Gasteiger partial charge in [-0.1, -0.05) is 24.3 Å². The molecule has 0 amide bonds. The largest absolute Gasteiger partial charge is 0.460 e. The molecule has 5 heteroatoms. The maximum absolute atomic E-state index is 12.0. The molecule has 0 aliphatic carbocycles. The molecule has 0 bridgehead atoms. The quantitative estimate of drug-likeness (QED) is 0.773. The number of carbonyl (C=O) groups is 2. The summed E-state index contributed by atoms with van der Waals surface area (Å²) in [6.07, 6.45) is 0.0422. The van der Waals surface area contributed by atoms with Gasteiger partial charge in [0.1, 0.15) is 5.60 Å². The smallest absolute Gasteiger partial charge is 0.308 e. The first-order valence-electron chi connectivity index (χ1n) is 6.90. The first-order valence-corrected chi connectivity index (χ1v) is 6.90. The van der Waals surface area contributed by atoms with E-state index in [4.69, 9.17) is 15.6 Å². The number of nitrogens with two attached hydrogens (primary N) is 1. The Balaban J connectivity index is 2.52. The van der Waals surface area contributed by atoms with E-state index in [9.17, 15) is 9.59 Å². The zero-order valence-corrected chi connectivity index (χ0v) is 12.8. The highest BCUT2D eigenvalue weighted by Crippen LogP contribution is 2.11. The third-order valence-corrected chi connectivity index (χ3v) is 2.80. The maximum atomic E-state index is 12.0. The molecule has 0 radical (unpaired) electrons. The van der Waals surface area contributed by atoms with E-state index in [0.717, 1.165) is 11.1 Å². The van der Waals surface area contributed by atoms with Crippen molar-refractivity contribution in [1.29, 1.82) is 0 Å². The number of Topliss-reactive ketones (excluding diaryl/α,β-unsaturated/α-hetero) is 1. The summed E-state index contributed by atoms with van der Waals surface area (Å²) in [6, 6.07) is 6.18. The Morgan fingerprint density at radius 1 is 1.19 bits per heavy atom. The molecule has 0 heterocycles. The molecule has 0 fully saturated rings. The molecule has 0 saturated heterocycles. The molecule has 1 rings (SSSR count). The van der Waals surface area contributed by atoms with Gasteiger partial charge in [0.25, 0.3) is 0 Å². The van der Waals surface area contributed by atoms with Crippen LogP contribution in [0.15, 0.2) is 24.3 Å². The Morgan fingerprint density at radius 2 is 1.71 bits per heavy atom. The predicted octanol–water partition coefficient (Wildman–Crippen LogP) is 1.35. The zero-order valence-electron chi connectivity index (χ0n) is 12.8. The van der Waals surface area contributed by atoms with Crippen LogP contribution in [0.25, 0.3) is 0 Å². The Bertz CT molecular complexity index is 488. The molecule has 21 heavy (non-hydrogen) atoms. The summed E-state index contributed by atoms with van der Waals surface area (Å²) in [5, 5.41) is 8.95. The summed E-state index contributed by atoms with van der Waals surface area (Å²) in [5.74, 6) is -0.684. The minimum absolute atomic E-state index is 0.0353. The third-order valence-electron chi connectivity index (χ3n) is 2.80. The Kier molecular flexibility index (Phi) is 6.05. The first-order chi connectivity index (χ1) is 9.71. The van der Waals surface area contributed by atoms with Crippen LogP contribution in [0.1, 0.15) is 38.3 Å². The predicted molar refractivity (Wildman–Crippen MR) is 79.5 cm³/mol. The number of ketones is 1. The zero-order chi connectivity index (χ0) is 16.0. The molecule has 3 N–H and O–H groups in total. The standard InChI is InChI=1S/C16H23NO4/c1-16(2,3)21-15(20)9-13(17)14(19)8-11-4-6-12(10-18)7-5-11/h4-7,13,18H,8-10,17H2,1-3H3/t13-/m1/s1. The maximum Gasteiger partial charge on any atom is 0.308 e. The number of carbonyl (C=O) groups excluding carboxylic acids is 2. The van der Waals surface area contributed by atoms with Crippen LogP contribution in [-0.2, 0) is 27.4 Å². The van der Waals surface area contributed by atoms with Crippen LogP contribution in [0.3, 0.4) is 0 Å². The number of rotatable bonds is 6. The average molecular weight is 293 g/mol. The van der Waals surface area contributed by atoms with Gasteiger partial charge in [0.05, 0.1) is 19.1 Å². The van der Waals surface area contributed by atoms with Crippen molar-refractivity contribution >= 4 is 11.8 Å². The van der Waals surface area contributed by atoms with Crippen molar-refractivity contribution < 1.29 is 19.4 Å². The lowest BCUT2D eigenvalue weighted by Gasteiger charge is -2.20. The van der Waals surface area contributed by atoms with Crippen molar-refractivity contribution in [3.05, 3.63) is 35.4 Å². The number of aliphatic hydroxyl groups is 1. The second-order valence-electron chi connectivity index (χ2n) is 6.01. The third kappa shape index (κ3) is 6.51. The summed E-state index contributed by atoms with van der Waals surface area (Å²) >= 11 is 0. The minimum Gasteiger partial charge on any atom is -0.460 e. The summed E-state index contributed by atoms with van der Waals surface area (Å²) in [5.41, 5.74) is 6.75. The second-order valence-corrected chi connectivity index (χ2v) is 6.01. The van der Waals surface area contributed by atoms with E-state index in [0.29, 0.717) is 0 Å². The number of ether oxygens (including phenoxy) is 1. The topological polar surface area (TPSA) is 89.6 Å². The first kappa shape index (κ1) is 17.3. The van der Waals surface area contributed by atoms with E-state index in [2.05, 4.69) is 0 Å². The van der Waals surface area contributed by atoms with Crippen molar-refractivity contribution in [3.63, 3.8) is 0 Å². The Morgan fingerprint density at radius 3 is 2.19 bits per heavy atom. The molecule has 0 aromatic heterocycles. The molecule has 0 aliphatic heterocycles. The summed E-state index contributed by atoms with van der Waals surface area (Å²) < 4.78 is 5.14. The van der Waals surface area contributed by atoms with Crippen LogP contribution in [0, 0.1) is 0 Å². The molecule has 1 atom stereocenters. The molecule has 0 unspecified atom stereocenters. The van der Waals surface area contributed by atoms with Gasteiger partial charge in [0.2, 0.25) is 0 Å². The molecule has 1 aromatic rings. The van der Waals surface area contributed by atoms with Gasteiger partial charge in [-0.3, -0.25) is 9.59 Å². The highest BCUT2D eigenvalue weighted by atomic mass is 16.6. The van der Waals surface area contributed by atoms with Gasteiger partial charge >= 0.3 is 5.97 Å².